The van der Waals surface area contributed by atoms with Crippen molar-refractivity contribution in [2.24, 2.45) is 11.3 Å². The molecule has 1 aromatic heterocycles. The van der Waals surface area contributed by atoms with Crippen LogP contribution in [0.15, 0.2) is 10.7 Å². The van der Waals surface area contributed by atoms with E-state index in [1.807, 2.05) is 6.92 Å². The Morgan fingerprint density at radius 1 is 1.50 bits per heavy atom. The fraction of sp³-hybridized carbons (Fsp3) is 0.688. The van der Waals surface area contributed by atoms with E-state index in [0.717, 1.165) is 6.42 Å². The summed E-state index contributed by atoms with van der Waals surface area (Å²) in [4.78, 5) is 30.9. The number of hydrogen-bond acceptors (Lipinski definition) is 5. The molecule has 2 aliphatic heterocycles. The lowest BCUT2D eigenvalue weighted by molar-refractivity contribution is -0.138. The first-order valence-electron chi connectivity index (χ1n) is 8.35. The Kier molecular flexibility index (Phi) is 4.75. The Morgan fingerprint density at radius 2 is 2.33 bits per heavy atom. The molecule has 1 aromatic rings. The Hall–Kier alpha value is -2.09. The molecule has 0 saturated carbocycles. The van der Waals surface area contributed by atoms with Gasteiger partial charge in [0.25, 0.3) is 0 Å². The number of hydrogen-bond donors (Lipinski definition) is 2. The molecule has 3 amide bonds. The molecule has 24 heavy (non-hydrogen) atoms. The van der Waals surface area contributed by atoms with E-state index >= 15 is 0 Å². The summed E-state index contributed by atoms with van der Waals surface area (Å²) in [6.07, 6.45) is 2.92. The molecule has 0 unspecified atom stereocenters. The molecule has 0 spiro atoms. The fourth-order valence-corrected chi connectivity index (χ4v) is 3.60. The van der Waals surface area contributed by atoms with Gasteiger partial charge in [0.2, 0.25) is 5.91 Å². The van der Waals surface area contributed by atoms with Crippen LogP contribution in [0.2, 0.25) is 0 Å². The van der Waals surface area contributed by atoms with Crippen molar-refractivity contribution >= 4 is 11.9 Å². The minimum atomic E-state index is -0.534. The van der Waals surface area contributed by atoms with Crippen molar-refractivity contribution in [3.05, 3.63) is 17.8 Å². The van der Waals surface area contributed by atoms with Crippen LogP contribution in [0.25, 0.3) is 0 Å². The zero-order valence-electron chi connectivity index (χ0n) is 14.1. The Balaban J connectivity index is 1.62. The molecule has 2 atom stereocenters. The number of aromatic nitrogens is 1. The lowest BCUT2D eigenvalue weighted by Crippen LogP contribution is -2.50. The summed E-state index contributed by atoms with van der Waals surface area (Å²) >= 11 is 0. The van der Waals surface area contributed by atoms with Crippen LogP contribution in [0.3, 0.4) is 0 Å². The molecule has 0 radical (unpaired) electrons. The van der Waals surface area contributed by atoms with E-state index in [0.29, 0.717) is 50.9 Å². The van der Waals surface area contributed by atoms with Crippen LogP contribution in [0.1, 0.15) is 24.9 Å². The molecular weight excluding hydrogens is 312 g/mol. The molecule has 2 saturated heterocycles. The second-order valence-electron chi connectivity index (χ2n) is 6.38. The zero-order chi connectivity index (χ0) is 17.2. The molecule has 8 nitrogen and oxygen atoms in total. The van der Waals surface area contributed by atoms with Gasteiger partial charge in [-0.25, -0.2) is 9.78 Å². The Morgan fingerprint density at radius 3 is 3.04 bits per heavy atom. The van der Waals surface area contributed by atoms with Crippen molar-refractivity contribution in [3.63, 3.8) is 0 Å². The van der Waals surface area contributed by atoms with Gasteiger partial charge < -0.3 is 24.7 Å². The lowest BCUT2D eigenvalue weighted by Gasteiger charge is -2.36. The fourth-order valence-electron chi connectivity index (χ4n) is 3.60. The predicted molar refractivity (Wildman–Crippen MR) is 85.1 cm³/mol. The number of likely N-dealkylation sites (tertiary alicyclic amines) is 1. The van der Waals surface area contributed by atoms with Gasteiger partial charge in [-0.3, -0.25) is 4.79 Å². The number of carbonyl (C=O) groups is 2. The smallest absolute Gasteiger partial charge is 0.317 e. The van der Waals surface area contributed by atoms with Gasteiger partial charge in [0.05, 0.1) is 24.3 Å². The third-order valence-electron chi connectivity index (χ3n) is 5.00. The molecule has 2 aliphatic rings. The van der Waals surface area contributed by atoms with Gasteiger partial charge in [-0.2, -0.15) is 0 Å². The van der Waals surface area contributed by atoms with Crippen LogP contribution in [0.4, 0.5) is 4.79 Å². The monoisotopic (exact) mass is 336 g/mol. The van der Waals surface area contributed by atoms with Gasteiger partial charge in [-0.1, -0.05) is 6.92 Å². The van der Waals surface area contributed by atoms with E-state index in [1.54, 1.807) is 18.2 Å². The van der Waals surface area contributed by atoms with Crippen LogP contribution >= 0.6 is 0 Å². The van der Waals surface area contributed by atoms with Crippen molar-refractivity contribution < 1.29 is 18.7 Å². The number of aryl methyl sites for hydroxylation is 1. The molecular formula is C16H24N4O4. The van der Waals surface area contributed by atoms with Crippen molar-refractivity contribution in [2.45, 2.75) is 26.3 Å². The normalized spacial score (nSPS) is 26.1. The quantitative estimate of drug-likeness (QED) is 0.836. The SMILES string of the molecule is CCc1nc(CNC(=O)N2C[C@@H]3COCC[C@]3(C(=O)NC)C2)co1. The summed E-state index contributed by atoms with van der Waals surface area (Å²) in [7, 11) is 1.64. The number of amides is 3. The third-order valence-corrected chi connectivity index (χ3v) is 5.00. The molecule has 2 N–H and O–H groups in total. The first-order chi connectivity index (χ1) is 11.6. The predicted octanol–water partition coefficient (Wildman–Crippen LogP) is 0.531. The van der Waals surface area contributed by atoms with Crippen molar-refractivity contribution in [1.82, 2.24) is 20.5 Å². The van der Waals surface area contributed by atoms with E-state index < -0.39 is 5.41 Å². The van der Waals surface area contributed by atoms with Gasteiger partial charge in [-0.05, 0) is 6.42 Å². The van der Waals surface area contributed by atoms with E-state index in [2.05, 4.69) is 15.6 Å². The highest BCUT2D eigenvalue weighted by Crippen LogP contribution is 2.42. The average molecular weight is 336 g/mol. The standard InChI is InChI=1S/C16H24N4O4/c1-3-13-19-12(9-24-13)6-18-15(22)20-7-11-8-23-5-4-16(11,10-20)14(21)17-2/h9,11H,3-8,10H2,1-2H3,(H,17,21)(H,18,22)/t11-,16+/m1/s1. The molecule has 3 heterocycles. The molecule has 3 rings (SSSR count). The molecule has 8 heteroatoms. The summed E-state index contributed by atoms with van der Waals surface area (Å²) in [5.74, 6) is 0.688. The summed E-state index contributed by atoms with van der Waals surface area (Å²) in [5.41, 5.74) is 0.161. The number of ether oxygens (including phenoxy) is 1. The second kappa shape index (κ2) is 6.80. The van der Waals surface area contributed by atoms with E-state index in [4.69, 9.17) is 9.15 Å². The maximum absolute atomic E-state index is 12.5. The van der Waals surface area contributed by atoms with E-state index in [1.165, 1.54) is 0 Å². The van der Waals surface area contributed by atoms with Crippen molar-refractivity contribution in [1.29, 1.82) is 0 Å². The lowest BCUT2D eigenvalue weighted by atomic mass is 9.73. The highest BCUT2D eigenvalue weighted by atomic mass is 16.5. The van der Waals surface area contributed by atoms with Crippen molar-refractivity contribution in [3.8, 4) is 0 Å². The third kappa shape index (κ3) is 2.98. The topological polar surface area (TPSA) is 96.7 Å². The largest absolute Gasteiger partial charge is 0.449 e. The van der Waals surface area contributed by atoms with Gasteiger partial charge in [0.15, 0.2) is 5.89 Å². The summed E-state index contributed by atoms with van der Waals surface area (Å²) in [5, 5.41) is 5.60. The van der Waals surface area contributed by atoms with Crippen LogP contribution in [0.5, 0.6) is 0 Å². The van der Waals surface area contributed by atoms with Gasteiger partial charge in [0.1, 0.15) is 6.26 Å². The maximum Gasteiger partial charge on any atom is 0.317 e. The van der Waals surface area contributed by atoms with E-state index in [-0.39, 0.29) is 17.9 Å². The van der Waals surface area contributed by atoms with E-state index in [9.17, 15) is 9.59 Å². The Bertz CT molecular complexity index is 617. The number of fused-ring (bicyclic) bond motifs is 1. The molecule has 0 aromatic carbocycles. The number of nitrogens with one attached hydrogen (secondary N) is 2. The molecule has 0 aliphatic carbocycles. The average Bonchev–Trinajstić information content (AvgIpc) is 3.23. The van der Waals surface area contributed by atoms with Crippen LogP contribution in [0, 0.1) is 11.3 Å². The van der Waals surface area contributed by atoms with Gasteiger partial charge in [0, 0.05) is 39.1 Å². The van der Waals surface area contributed by atoms with Gasteiger partial charge >= 0.3 is 6.03 Å². The maximum atomic E-state index is 12.5. The number of nitrogens with zero attached hydrogens (tertiary/aromatic N) is 2. The Labute approximate surface area is 140 Å². The van der Waals surface area contributed by atoms with Crippen LogP contribution in [-0.2, 0) is 22.5 Å². The minimum absolute atomic E-state index is 0.00445. The van der Waals surface area contributed by atoms with Crippen LogP contribution < -0.4 is 10.6 Å². The van der Waals surface area contributed by atoms with Gasteiger partial charge in [-0.15, -0.1) is 0 Å². The zero-order valence-corrected chi connectivity index (χ0v) is 14.1. The molecule has 2 fully saturated rings. The second-order valence-corrected chi connectivity index (χ2v) is 6.38. The van der Waals surface area contributed by atoms with Crippen molar-refractivity contribution in [2.75, 3.05) is 33.4 Å². The number of carbonyl (C=O) groups excluding carboxylic acids is 2. The number of rotatable bonds is 4. The highest BCUT2D eigenvalue weighted by molar-refractivity contribution is 5.85. The number of urea groups is 1. The van der Waals surface area contributed by atoms with Crippen LogP contribution in [-0.4, -0.2) is 55.2 Å². The number of oxazole rings is 1. The molecule has 132 valence electrons. The highest BCUT2D eigenvalue weighted by Gasteiger charge is 2.54. The molecule has 0 bridgehead atoms. The first-order valence-corrected chi connectivity index (χ1v) is 8.35. The first kappa shape index (κ1) is 16.8. The minimum Gasteiger partial charge on any atom is -0.449 e. The summed E-state index contributed by atoms with van der Waals surface area (Å²) < 4.78 is 10.8. The summed E-state index contributed by atoms with van der Waals surface area (Å²) in [6, 6.07) is -0.186. The summed E-state index contributed by atoms with van der Waals surface area (Å²) in [6.45, 7) is 4.29.